The smallest absolute Gasteiger partial charge is 0.337 e. The summed E-state index contributed by atoms with van der Waals surface area (Å²) in [5.41, 5.74) is 9.23. The summed E-state index contributed by atoms with van der Waals surface area (Å²) in [6, 6.07) is 13.8. The maximum absolute atomic E-state index is 12.1. The molecule has 0 aliphatic heterocycles. The normalized spacial score (nSPS) is 12.3. The molecule has 6 nitrogen and oxygen atoms in total. The number of aryl methyl sites for hydroxylation is 1. The second-order valence-corrected chi connectivity index (χ2v) is 6.55. The predicted octanol–water partition coefficient (Wildman–Crippen LogP) is 2.85. The van der Waals surface area contributed by atoms with Crippen molar-refractivity contribution < 1.29 is 9.53 Å². The number of methoxy groups -OCH3 is 1. The van der Waals surface area contributed by atoms with Crippen molar-refractivity contribution in [3.63, 3.8) is 0 Å². The second kappa shape index (κ2) is 6.89. The van der Waals surface area contributed by atoms with E-state index in [4.69, 9.17) is 15.5 Å². The molecule has 0 saturated carbocycles. The van der Waals surface area contributed by atoms with Crippen molar-refractivity contribution in [1.82, 2.24) is 9.55 Å². The average Bonchev–Trinajstić information content (AvgIpc) is 3.09. The Balaban J connectivity index is 2.19. The van der Waals surface area contributed by atoms with Gasteiger partial charge in [-0.15, -0.1) is 0 Å². The van der Waals surface area contributed by atoms with Crippen LogP contribution in [0.3, 0.4) is 0 Å². The van der Waals surface area contributed by atoms with Crippen molar-refractivity contribution in [1.29, 1.82) is 0 Å². The van der Waals surface area contributed by atoms with Crippen LogP contribution in [-0.4, -0.2) is 35.7 Å². The highest BCUT2D eigenvalue weighted by molar-refractivity contribution is 6.10. The quantitative estimate of drug-likeness (QED) is 0.432. The lowest BCUT2D eigenvalue weighted by Gasteiger charge is -2.11. The van der Waals surface area contributed by atoms with E-state index >= 15 is 0 Å². The minimum atomic E-state index is -0.355. The van der Waals surface area contributed by atoms with E-state index in [2.05, 4.69) is 21.7 Å². The molecule has 0 unspecified atom stereocenters. The number of hydrogen-bond acceptors (Lipinski definition) is 4. The largest absolute Gasteiger partial charge is 0.465 e. The van der Waals surface area contributed by atoms with Crippen LogP contribution in [0.5, 0.6) is 0 Å². The van der Waals surface area contributed by atoms with Gasteiger partial charge in [-0.2, -0.15) is 0 Å². The highest BCUT2D eigenvalue weighted by Gasteiger charge is 2.15. The summed E-state index contributed by atoms with van der Waals surface area (Å²) in [6.45, 7) is 1.23. The maximum Gasteiger partial charge on any atom is 0.337 e. The van der Waals surface area contributed by atoms with E-state index in [1.165, 1.54) is 7.11 Å². The topological polar surface area (TPSA) is 85.4 Å². The highest BCUT2D eigenvalue weighted by Crippen LogP contribution is 2.26. The first-order valence-electron chi connectivity index (χ1n) is 8.97. The number of hydrogen-bond donors (Lipinski definition) is 2. The minimum Gasteiger partial charge on any atom is -0.465 e. The monoisotopic (exact) mass is 362 g/mol. The molecule has 0 amide bonds. The molecule has 0 spiro atoms. The molecule has 0 bridgehead atoms. The molecule has 27 heavy (non-hydrogen) atoms. The maximum atomic E-state index is 12.1. The first-order valence-corrected chi connectivity index (χ1v) is 8.97. The Hall–Kier alpha value is -3.12. The van der Waals surface area contributed by atoms with Crippen molar-refractivity contribution >= 4 is 38.8 Å². The molecule has 4 rings (SSSR count). The zero-order valence-electron chi connectivity index (χ0n) is 15.5. The number of carbonyl (C=O) groups is 1. The van der Waals surface area contributed by atoms with Crippen molar-refractivity contribution in [3.05, 3.63) is 53.4 Å². The van der Waals surface area contributed by atoms with Gasteiger partial charge in [-0.05, 0) is 37.2 Å². The standard InChI is InChI=1S/C21H22N4O2/c1-25-17-9-8-13(21(26)27-2)12-15(17)19(23-11-5-10-22)18-14-6-3-4-7-16(14)24-20(18)25/h3-4,6-9,12,24H,5,10-11,22H2,1-2H3. The fourth-order valence-corrected chi connectivity index (χ4v) is 3.58. The van der Waals surface area contributed by atoms with Gasteiger partial charge in [0.15, 0.2) is 0 Å². The van der Waals surface area contributed by atoms with Gasteiger partial charge in [-0.1, -0.05) is 18.2 Å². The summed E-state index contributed by atoms with van der Waals surface area (Å²) in [5, 5.41) is 3.98. The Morgan fingerprint density at radius 1 is 1.22 bits per heavy atom. The molecule has 0 fully saturated rings. The zero-order valence-corrected chi connectivity index (χ0v) is 15.5. The summed E-state index contributed by atoms with van der Waals surface area (Å²) < 4.78 is 7.00. The number of benzene rings is 2. The molecule has 0 radical (unpaired) electrons. The lowest BCUT2D eigenvalue weighted by molar-refractivity contribution is 0.0601. The van der Waals surface area contributed by atoms with E-state index in [-0.39, 0.29) is 5.97 Å². The molecule has 2 aromatic heterocycles. The van der Waals surface area contributed by atoms with E-state index in [1.807, 2.05) is 31.3 Å². The Kier molecular flexibility index (Phi) is 4.41. The number of aromatic amines is 1. The van der Waals surface area contributed by atoms with Crippen LogP contribution < -0.4 is 11.1 Å². The average molecular weight is 362 g/mol. The molecule has 4 aromatic rings. The molecule has 0 atom stereocenters. The molecule has 0 aliphatic rings. The van der Waals surface area contributed by atoms with Gasteiger partial charge in [0.05, 0.1) is 28.9 Å². The number of nitrogens with one attached hydrogen (secondary N) is 1. The van der Waals surface area contributed by atoms with E-state index in [9.17, 15) is 4.79 Å². The van der Waals surface area contributed by atoms with Gasteiger partial charge < -0.3 is 20.0 Å². The molecular weight excluding hydrogens is 340 g/mol. The van der Waals surface area contributed by atoms with Gasteiger partial charge in [0.25, 0.3) is 0 Å². The van der Waals surface area contributed by atoms with Crippen LogP contribution in [0.15, 0.2) is 47.5 Å². The SMILES string of the molecule is COC(=O)c1ccc2c(c1)c(=NCCCN)c1c3ccccc3[nH]c1n2C. The highest BCUT2D eigenvalue weighted by atomic mass is 16.5. The Labute approximate surface area is 156 Å². The predicted molar refractivity (Wildman–Crippen MR) is 108 cm³/mol. The molecular formula is C21H22N4O2. The lowest BCUT2D eigenvalue weighted by atomic mass is 10.1. The van der Waals surface area contributed by atoms with Crippen LogP contribution >= 0.6 is 0 Å². The van der Waals surface area contributed by atoms with Crippen LogP contribution in [0.4, 0.5) is 0 Å². The molecule has 3 N–H and O–H groups in total. The molecule has 138 valence electrons. The van der Waals surface area contributed by atoms with Crippen LogP contribution in [0, 0.1) is 0 Å². The van der Waals surface area contributed by atoms with Crippen LogP contribution in [0.25, 0.3) is 32.8 Å². The number of aromatic nitrogens is 2. The summed E-state index contributed by atoms with van der Waals surface area (Å²) in [4.78, 5) is 20.4. The second-order valence-electron chi connectivity index (χ2n) is 6.55. The number of nitrogens with two attached hydrogens (primary N) is 1. The number of para-hydroxylation sites is 1. The summed E-state index contributed by atoms with van der Waals surface area (Å²) in [7, 11) is 3.41. The van der Waals surface area contributed by atoms with Crippen LogP contribution in [0.2, 0.25) is 0 Å². The molecule has 0 aliphatic carbocycles. The van der Waals surface area contributed by atoms with E-state index in [1.54, 1.807) is 6.07 Å². The van der Waals surface area contributed by atoms with Gasteiger partial charge in [0, 0.05) is 29.9 Å². The number of carbonyl (C=O) groups excluding carboxylic acids is 1. The van der Waals surface area contributed by atoms with E-state index in [0.29, 0.717) is 18.7 Å². The number of fused-ring (bicyclic) bond motifs is 4. The molecule has 2 aromatic carbocycles. The fraction of sp³-hybridized carbons (Fsp3) is 0.238. The van der Waals surface area contributed by atoms with Gasteiger partial charge in [-0.3, -0.25) is 4.99 Å². The molecule has 0 saturated heterocycles. The van der Waals surface area contributed by atoms with Gasteiger partial charge >= 0.3 is 5.97 Å². The van der Waals surface area contributed by atoms with E-state index < -0.39 is 0 Å². The van der Waals surface area contributed by atoms with Crippen molar-refractivity contribution in [3.8, 4) is 0 Å². The van der Waals surface area contributed by atoms with Crippen LogP contribution in [-0.2, 0) is 11.8 Å². The Morgan fingerprint density at radius 3 is 2.81 bits per heavy atom. The summed E-state index contributed by atoms with van der Waals surface area (Å²) in [6.07, 6.45) is 0.809. The van der Waals surface area contributed by atoms with Crippen molar-refractivity contribution in [2.45, 2.75) is 6.42 Å². The first-order chi connectivity index (χ1) is 13.2. The summed E-state index contributed by atoms with van der Waals surface area (Å²) >= 11 is 0. The number of H-pyrrole nitrogens is 1. The number of pyridine rings is 1. The van der Waals surface area contributed by atoms with E-state index in [0.717, 1.165) is 44.6 Å². The van der Waals surface area contributed by atoms with Crippen LogP contribution in [0.1, 0.15) is 16.8 Å². The Bertz CT molecular complexity index is 1230. The number of nitrogens with zero attached hydrogens (tertiary/aromatic N) is 2. The lowest BCUT2D eigenvalue weighted by Crippen LogP contribution is -2.13. The third-order valence-corrected chi connectivity index (χ3v) is 4.92. The molecule has 6 heteroatoms. The number of ether oxygens (including phenoxy) is 1. The third-order valence-electron chi connectivity index (χ3n) is 4.92. The Morgan fingerprint density at radius 2 is 2.04 bits per heavy atom. The zero-order chi connectivity index (χ0) is 19.0. The van der Waals surface area contributed by atoms with Crippen molar-refractivity contribution in [2.75, 3.05) is 20.2 Å². The number of esters is 1. The molecule has 2 heterocycles. The third kappa shape index (κ3) is 2.78. The fourth-order valence-electron chi connectivity index (χ4n) is 3.58. The van der Waals surface area contributed by atoms with Gasteiger partial charge in [0.1, 0.15) is 5.65 Å². The first kappa shape index (κ1) is 17.3. The minimum absolute atomic E-state index is 0.355. The van der Waals surface area contributed by atoms with Gasteiger partial charge in [-0.25, -0.2) is 4.79 Å². The number of rotatable bonds is 4. The van der Waals surface area contributed by atoms with Crippen molar-refractivity contribution in [2.24, 2.45) is 17.8 Å². The summed E-state index contributed by atoms with van der Waals surface area (Å²) in [5.74, 6) is -0.355. The van der Waals surface area contributed by atoms with Gasteiger partial charge in [0.2, 0.25) is 0 Å².